The van der Waals surface area contributed by atoms with E-state index in [-0.39, 0.29) is 18.0 Å². The van der Waals surface area contributed by atoms with Gasteiger partial charge in [0.2, 0.25) is 10.0 Å². The quantitative estimate of drug-likeness (QED) is 0.602. The maximum Gasteiger partial charge on any atom is 0.246 e. The van der Waals surface area contributed by atoms with Gasteiger partial charge in [0.05, 0.1) is 6.10 Å². The Bertz CT molecular complexity index is 1060. The molecule has 0 saturated carbocycles. The number of nitrogens with zero attached hydrogens (tertiary/aromatic N) is 6. The number of sulfonamides is 1. The number of hydrogen-bond donors (Lipinski definition) is 0. The van der Waals surface area contributed by atoms with E-state index in [1.807, 2.05) is 17.0 Å². The van der Waals surface area contributed by atoms with Gasteiger partial charge >= 0.3 is 0 Å². The molecule has 0 radical (unpaired) electrons. The third kappa shape index (κ3) is 5.02. The summed E-state index contributed by atoms with van der Waals surface area (Å²) < 4.78 is 46.8. The Morgan fingerprint density at radius 2 is 1.50 bits per heavy atom. The van der Waals surface area contributed by atoms with Gasteiger partial charge in [-0.2, -0.15) is 4.31 Å². The minimum absolute atomic E-state index is 0.271. The molecule has 34 heavy (non-hydrogen) atoms. The lowest BCUT2D eigenvalue weighted by Crippen LogP contribution is -2.49. The lowest BCUT2D eigenvalue weighted by molar-refractivity contribution is 0.0712. The minimum atomic E-state index is -3.85. The zero-order valence-corrected chi connectivity index (χ0v) is 20.0. The zero-order chi connectivity index (χ0) is 23.5. The lowest BCUT2D eigenvalue weighted by Gasteiger charge is -2.36. The summed E-state index contributed by atoms with van der Waals surface area (Å²) in [5.74, 6) is 0.865. The smallest absolute Gasteiger partial charge is 0.246 e. The zero-order valence-electron chi connectivity index (χ0n) is 19.2. The van der Waals surface area contributed by atoms with Crippen LogP contribution >= 0.6 is 0 Å². The standard InChI is InChI=1S/C23H31FN6O3S/c24-20-5-1-2-6-21(20)34(31,32)30-15-13-29(14-16-30)23-8-7-22(25-26-23)28-11-9-27(10-12-28)18-19-4-3-17-33-19/h1-2,5-8,19H,3-4,9-18H2. The van der Waals surface area contributed by atoms with Crippen molar-refractivity contribution in [1.82, 2.24) is 19.4 Å². The molecule has 5 rings (SSSR count). The highest BCUT2D eigenvalue weighted by atomic mass is 32.2. The first-order chi connectivity index (χ1) is 16.5. The van der Waals surface area contributed by atoms with Crippen LogP contribution in [0.2, 0.25) is 0 Å². The summed E-state index contributed by atoms with van der Waals surface area (Å²) in [6, 6.07) is 9.43. The fraction of sp³-hybridized carbons (Fsp3) is 0.565. The third-order valence-corrected chi connectivity index (χ3v) is 8.77. The summed E-state index contributed by atoms with van der Waals surface area (Å²) in [6.45, 7) is 7.19. The van der Waals surface area contributed by atoms with Crippen LogP contribution < -0.4 is 9.80 Å². The number of benzene rings is 1. The molecular formula is C23H31FN6O3S. The van der Waals surface area contributed by atoms with Crippen molar-refractivity contribution in [2.45, 2.75) is 23.8 Å². The molecule has 11 heteroatoms. The normalized spacial score (nSPS) is 22.9. The first kappa shape index (κ1) is 23.4. The molecule has 0 bridgehead atoms. The fourth-order valence-electron chi connectivity index (χ4n) is 4.84. The van der Waals surface area contributed by atoms with Gasteiger partial charge in [0, 0.05) is 65.5 Å². The van der Waals surface area contributed by atoms with Gasteiger partial charge in [-0.25, -0.2) is 12.8 Å². The van der Waals surface area contributed by atoms with E-state index in [9.17, 15) is 12.8 Å². The van der Waals surface area contributed by atoms with Crippen molar-refractivity contribution in [1.29, 1.82) is 0 Å². The summed E-state index contributed by atoms with van der Waals surface area (Å²) in [7, 11) is -3.85. The summed E-state index contributed by atoms with van der Waals surface area (Å²) in [5, 5.41) is 8.85. The van der Waals surface area contributed by atoms with Gasteiger partial charge in [-0.3, -0.25) is 4.90 Å². The van der Waals surface area contributed by atoms with Crippen molar-refractivity contribution in [3.05, 3.63) is 42.2 Å². The van der Waals surface area contributed by atoms with E-state index >= 15 is 0 Å². The summed E-state index contributed by atoms with van der Waals surface area (Å²) in [5.41, 5.74) is 0. The highest BCUT2D eigenvalue weighted by Crippen LogP contribution is 2.23. The summed E-state index contributed by atoms with van der Waals surface area (Å²) in [4.78, 5) is 6.46. The van der Waals surface area contributed by atoms with Crippen molar-refractivity contribution >= 4 is 21.7 Å². The van der Waals surface area contributed by atoms with Gasteiger partial charge in [-0.05, 0) is 37.1 Å². The van der Waals surface area contributed by atoms with Crippen LogP contribution in [0, 0.1) is 5.82 Å². The van der Waals surface area contributed by atoms with Crippen molar-refractivity contribution in [3.63, 3.8) is 0 Å². The molecule has 1 atom stereocenters. The van der Waals surface area contributed by atoms with Crippen molar-refractivity contribution in [2.24, 2.45) is 0 Å². The van der Waals surface area contributed by atoms with E-state index in [2.05, 4.69) is 20.0 Å². The fourth-order valence-corrected chi connectivity index (χ4v) is 6.33. The predicted molar refractivity (Wildman–Crippen MR) is 127 cm³/mol. The SMILES string of the molecule is O=S(=O)(c1ccccc1F)N1CCN(c2ccc(N3CCN(CC4CCCO4)CC3)nn2)CC1. The third-order valence-electron chi connectivity index (χ3n) is 6.84. The van der Waals surface area contributed by atoms with Gasteiger partial charge in [-0.15, -0.1) is 10.2 Å². The molecule has 3 fully saturated rings. The van der Waals surface area contributed by atoms with E-state index in [0.717, 1.165) is 57.4 Å². The van der Waals surface area contributed by atoms with Crippen LogP contribution in [0.15, 0.2) is 41.3 Å². The highest BCUT2D eigenvalue weighted by molar-refractivity contribution is 7.89. The van der Waals surface area contributed by atoms with Crippen LogP contribution in [-0.2, 0) is 14.8 Å². The summed E-state index contributed by atoms with van der Waals surface area (Å²) >= 11 is 0. The maximum atomic E-state index is 14.0. The number of piperazine rings is 2. The molecule has 1 aromatic heterocycles. The molecule has 3 saturated heterocycles. The largest absolute Gasteiger partial charge is 0.377 e. The van der Waals surface area contributed by atoms with Crippen molar-refractivity contribution in [3.8, 4) is 0 Å². The Morgan fingerprint density at radius 3 is 2.06 bits per heavy atom. The number of rotatable bonds is 6. The Labute approximate surface area is 200 Å². The van der Waals surface area contributed by atoms with Gasteiger partial charge in [-0.1, -0.05) is 12.1 Å². The second-order valence-corrected chi connectivity index (χ2v) is 10.9. The molecule has 4 heterocycles. The molecule has 3 aliphatic rings. The van der Waals surface area contributed by atoms with Crippen LogP contribution in [0.5, 0.6) is 0 Å². The molecule has 9 nitrogen and oxygen atoms in total. The van der Waals surface area contributed by atoms with Crippen LogP contribution in [-0.4, -0.2) is 99.4 Å². The number of ether oxygens (including phenoxy) is 1. The van der Waals surface area contributed by atoms with Crippen molar-refractivity contribution < 1.29 is 17.5 Å². The van der Waals surface area contributed by atoms with Crippen LogP contribution in [0.3, 0.4) is 0 Å². The second-order valence-electron chi connectivity index (χ2n) is 8.99. The molecule has 0 spiro atoms. The predicted octanol–water partition coefficient (Wildman–Crippen LogP) is 1.43. The Morgan fingerprint density at radius 1 is 0.882 bits per heavy atom. The molecular weight excluding hydrogens is 459 g/mol. The van der Waals surface area contributed by atoms with Gasteiger partial charge in [0.15, 0.2) is 11.6 Å². The first-order valence-corrected chi connectivity index (χ1v) is 13.4. The number of halogens is 1. The van der Waals surface area contributed by atoms with Gasteiger partial charge in [0.1, 0.15) is 10.7 Å². The maximum absolute atomic E-state index is 14.0. The molecule has 2 aromatic rings. The van der Waals surface area contributed by atoms with Crippen LogP contribution in [0.25, 0.3) is 0 Å². The average molecular weight is 491 g/mol. The highest BCUT2D eigenvalue weighted by Gasteiger charge is 2.31. The Hall–Kier alpha value is -2.34. The molecule has 184 valence electrons. The van der Waals surface area contributed by atoms with E-state index in [4.69, 9.17) is 4.74 Å². The molecule has 3 aliphatic heterocycles. The number of hydrogen-bond acceptors (Lipinski definition) is 8. The van der Waals surface area contributed by atoms with E-state index in [0.29, 0.717) is 19.2 Å². The van der Waals surface area contributed by atoms with Crippen LogP contribution in [0.4, 0.5) is 16.0 Å². The van der Waals surface area contributed by atoms with E-state index in [1.54, 1.807) is 0 Å². The Balaban J connectivity index is 1.14. The van der Waals surface area contributed by atoms with Crippen LogP contribution in [0.1, 0.15) is 12.8 Å². The molecule has 0 amide bonds. The number of anilines is 2. The molecule has 1 unspecified atom stereocenters. The van der Waals surface area contributed by atoms with E-state index < -0.39 is 15.8 Å². The van der Waals surface area contributed by atoms with Gasteiger partial charge < -0.3 is 14.5 Å². The monoisotopic (exact) mass is 490 g/mol. The second kappa shape index (κ2) is 10.1. The molecule has 1 aromatic carbocycles. The first-order valence-electron chi connectivity index (χ1n) is 11.9. The van der Waals surface area contributed by atoms with Gasteiger partial charge in [0.25, 0.3) is 0 Å². The molecule has 0 N–H and O–H groups in total. The average Bonchev–Trinajstić information content (AvgIpc) is 3.38. The molecule has 0 aliphatic carbocycles. The Kier molecular flexibility index (Phi) is 6.96. The van der Waals surface area contributed by atoms with Crippen molar-refractivity contribution in [2.75, 3.05) is 75.3 Å². The summed E-state index contributed by atoms with van der Waals surface area (Å²) in [6.07, 6.45) is 2.72. The lowest BCUT2D eigenvalue weighted by atomic mass is 10.2. The topological polar surface area (TPSA) is 82.1 Å². The number of aromatic nitrogens is 2. The van der Waals surface area contributed by atoms with E-state index in [1.165, 1.54) is 35.0 Å². The minimum Gasteiger partial charge on any atom is -0.377 e.